The molecule has 0 saturated carbocycles. The second-order valence-corrected chi connectivity index (χ2v) is 6.23. The molecule has 1 N–H and O–H groups in total. The summed E-state index contributed by atoms with van der Waals surface area (Å²) in [5, 5.41) is 3.03. The first-order valence-corrected chi connectivity index (χ1v) is 8.07. The van der Waals surface area contributed by atoms with Crippen molar-refractivity contribution < 1.29 is 9.59 Å². The summed E-state index contributed by atoms with van der Waals surface area (Å²) in [6, 6.07) is 9.78. The number of nitrogens with one attached hydrogen (secondary N) is 1. The lowest BCUT2D eigenvalue weighted by atomic mass is 10.0. The fourth-order valence-electron chi connectivity index (χ4n) is 3.32. The topological polar surface area (TPSA) is 52.7 Å². The van der Waals surface area contributed by atoms with Crippen molar-refractivity contribution in [1.82, 2.24) is 10.2 Å². The van der Waals surface area contributed by atoms with Gasteiger partial charge in [0.05, 0.1) is 6.04 Å². The minimum atomic E-state index is -0.102. The smallest absolute Gasteiger partial charge is 0.317 e. The van der Waals surface area contributed by atoms with Crippen LogP contribution in [0.15, 0.2) is 30.3 Å². The van der Waals surface area contributed by atoms with Crippen molar-refractivity contribution in [3.8, 4) is 0 Å². The molecule has 0 bridgehead atoms. The molecule has 2 atom stereocenters. The Balaban J connectivity index is 1.60. The maximum Gasteiger partial charge on any atom is 0.317 e. The summed E-state index contributed by atoms with van der Waals surface area (Å²) >= 11 is 0. The summed E-state index contributed by atoms with van der Waals surface area (Å²) in [5.41, 5.74) is 0.899. The number of carbonyl (C=O) groups excluding carboxylic acids is 2. The van der Waals surface area contributed by atoms with Crippen molar-refractivity contribution in [2.24, 2.45) is 0 Å². The number of hydrogen-bond acceptors (Lipinski definition) is 2. The normalized spacial score (nSPS) is 25.4. The van der Waals surface area contributed by atoms with Crippen molar-refractivity contribution in [3.63, 3.8) is 0 Å². The van der Waals surface area contributed by atoms with Gasteiger partial charge in [-0.2, -0.15) is 0 Å². The van der Waals surface area contributed by atoms with Crippen LogP contribution in [0.1, 0.15) is 32.6 Å². The molecule has 22 heavy (non-hydrogen) atoms. The standard InChI is InChI=1S/C17H23N3O2/c1-13-7-5-6-10-19(13)17(22)18-14-11-16(21)20(12-14)15-8-3-2-4-9-15/h2-4,8-9,13-14H,5-7,10-12H2,1H3,(H,18,22)/t13-,14+/m0/s1. The summed E-state index contributed by atoms with van der Waals surface area (Å²) < 4.78 is 0. The lowest BCUT2D eigenvalue weighted by Gasteiger charge is -2.34. The predicted molar refractivity (Wildman–Crippen MR) is 85.8 cm³/mol. The molecule has 5 nitrogen and oxygen atoms in total. The van der Waals surface area contributed by atoms with Crippen molar-refractivity contribution in [1.29, 1.82) is 0 Å². The van der Waals surface area contributed by atoms with E-state index in [1.807, 2.05) is 35.2 Å². The van der Waals surface area contributed by atoms with Crippen LogP contribution in [0.2, 0.25) is 0 Å². The van der Waals surface area contributed by atoms with Gasteiger partial charge in [-0.15, -0.1) is 0 Å². The maximum atomic E-state index is 12.4. The number of nitrogens with zero attached hydrogens (tertiary/aromatic N) is 2. The van der Waals surface area contributed by atoms with Gasteiger partial charge >= 0.3 is 6.03 Å². The Morgan fingerprint density at radius 1 is 1.23 bits per heavy atom. The third kappa shape index (κ3) is 3.08. The molecule has 2 aliphatic rings. The van der Waals surface area contributed by atoms with Gasteiger partial charge in [0.15, 0.2) is 0 Å². The molecule has 5 heteroatoms. The quantitative estimate of drug-likeness (QED) is 0.912. The third-order valence-corrected chi connectivity index (χ3v) is 4.58. The van der Waals surface area contributed by atoms with Gasteiger partial charge in [-0.3, -0.25) is 4.79 Å². The highest BCUT2D eigenvalue weighted by Crippen LogP contribution is 2.22. The van der Waals surface area contributed by atoms with Gasteiger partial charge in [0.1, 0.15) is 0 Å². The lowest BCUT2D eigenvalue weighted by molar-refractivity contribution is -0.117. The second-order valence-electron chi connectivity index (χ2n) is 6.23. The lowest BCUT2D eigenvalue weighted by Crippen LogP contribution is -2.50. The van der Waals surface area contributed by atoms with Crippen LogP contribution in [0, 0.1) is 0 Å². The summed E-state index contributed by atoms with van der Waals surface area (Å²) in [7, 11) is 0. The highest BCUT2D eigenvalue weighted by atomic mass is 16.2. The number of amides is 3. The molecule has 0 spiro atoms. The molecule has 3 amide bonds. The van der Waals surface area contributed by atoms with Crippen LogP contribution < -0.4 is 10.2 Å². The number of carbonyl (C=O) groups is 2. The molecule has 3 rings (SSSR count). The molecular formula is C17H23N3O2. The average Bonchev–Trinajstić information content (AvgIpc) is 2.89. The molecular weight excluding hydrogens is 278 g/mol. The molecule has 1 aromatic carbocycles. The largest absolute Gasteiger partial charge is 0.333 e. The Hall–Kier alpha value is -2.04. The van der Waals surface area contributed by atoms with E-state index in [4.69, 9.17) is 0 Å². The van der Waals surface area contributed by atoms with Gasteiger partial charge in [-0.25, -0.2) is 4.79 Å². The van der Waals surface area contributed by atoms with Crippen LogP contribution in [-0.2, 0) is 4.79 Å². The minimum absolute atomic E-state index is 0.0279. The molecule has 2 fully saturated rings. The summed E-state index contributed by atoms with van der Waals surface area (Å²) in [5.74, 6) is 0.0724. The number of likely N-dealkylation sites (tertiary alicyclic amines) is 1. The Labute approximate surface area is 131 Å². The van der Waals surface area contributed by atoms with Crippen LogP contribution in [-0.4, -0.2) is 42.0 Å². The zero-order valence-electron chi connectivity index (χ0n) is 13.0. The van der Waals surface area contributed by atoms with E-state index >= 15 is 0 Å². The Morgan fingerprint density at radius 3 is 2.73 bits per heavy atom. The summed E-state index contributed by atoms with van der Waals surface area (Å²) in [4.78, 5) is 28.2. The van der Waals surface area contributed by atoms with Crippen molar-refractivity contribution in [2.45, 2.75) is 44.7 Å². The van der Waals surface area contributed by atoms with Gasteiger partial charge in [0, 0.05) is 31.2 Å². The van der Waals surface area contributed by atoms with Gasteiger partial charge in [0.2, 0.25) is 5.91 Å². The van der Waals surface area contributed by atoms with Crippen molar-refractivity contribution in [3.05, 3.63) is 30.3 Å². The zero-order valence-corrected chi connectivity index (χ0v) is 13.0. The monoisotopic (exact) mass is 301 g/mol. The van der Waals surface area contributed by atoms with Gasteiger partial charge in [-0.1, -0.05) is 18.2 Å². The number of rotatable bonds is 2. The third-order valence-electron chi connectivity index (χ3n) is 4.58. The zero-order chi connectivity index (χ0) is 15.5. The SMILES string of the molecule is C[C@H]1CCCCN1C(=O)N[C@@H]1CC(=O)N(c2ccccc2)C1. The number of benzene rings is 1. The van der Waals surface area contributed by atoms with Crippen LogP contribution in [0.4, 0.5) is 10.5 Å². The van der Waals surface area contributed by atoms with E-state index in [0.29, 0.717) is 13.0 Å². The number of anilines is 1. The second kappa shape index (κ2) is 6.38. The van der Waals surface area contributed by atoms with E-state index in [2.05, 4.69) is 12.2 Å². The van der Waals surface area contributed by atoms with Crippen LogP contribution >= 0.6 is 0 Å². The molecule has 0 aliphatic carbocycles. The molecule has 1 aromatic rings. The molecule has 2 heterocycles. The van der Waals surface area contributed by atoms with E-state index in [1.165, 1.54) is 6.42 Å². The first kappa shape index (κ1) is 14.9. The number of hydrogen-bond donors (Lipinski definition) is 1. The van der Waals surface area contributed by atoms with Crippen LogP contribution in [0.5, 0.6) is 0 Å². The van der Waals surface area contributed by atoms with E-state index in [-0.39, 0.29) is 24.0 Å². The Bertz CT molecular complexity index is 546. The van der Waals surface area contributed by atoms with Gasteiger partial charge in [-0.05, 0) is 38.3 Å². The highest BCUT2D eigenvalue weighted by molar-refractivity contribution is 5.96. The van der Waals surface area contributed by atoms with Crippen molar-refractivity contribution in [2.75, 3.05) is 18.0 Å². The number of para-hydroxylation sites is 1. The van der Waals surface area contributed by atoms with Gasteiger partial charge in [0.25, 0.3) is 0 Å². The van der Waals surface area contributed by atoms with Gasteiger partial charge < -0.3 is 15.1 Å². The Morgan fingerprint density at radius 2 is 2.00 bits per heavy atom. The van der Waals surface area contributed by atoms with E-state index in [9.17, 15) is 9.59 Å². The molecule has 0 unspecified atom stereocenters. The van der Waals surface area contributed by atoms with E-state index < -0.39 is 0 Å². The van der Waals surface area contributed by atoms with Crippen molar-refractivity contribution >= 4 is 17.6 Å². The number of urea groups is 1. The summed E-state index contributed by atoms with van der Waals surface area (Å²) in [6.45, 7) is 3.46. The minimum Gasteiger partial charge on any atom is -0.333 e. The average molecular weight is 301 g/mol. The predicted octanol–water partition coefficient (Wildman–Crippen LogP) is 2.38. The van der Waals surface area contributed by atoms with E-state index in [1.54, 1.807) is 4.90 Å². The molecule has 118 valence electrons. The fraction of sp³-hybridized carbons (Fsp3) is 0.529. The molecule has 0 aromatic heterocycles. The van der Waals surface area contributed by atoms with Crippen LogP contribution in [0.25, 0.3) is 0 Å². The highest BCUT2D eigenvalue weighted by Gasteiger charge is 2.33. The summed E-state index contributed by atoms with van der Waals surface area (Å²) in [6.07, 6.45) is 3.70. The first-order valence-electron chi connectivity index (χ1n) is 8.07. The first-order chi connectivity index (χ1) is 10.6. The Kier molecular flexibility index (Phi) is 4.32. The molecule has 2 saturated heterocycles. The molecule has 2 aliphatic heterocycles. The van der Waals surface area contributed by atoms with Crippen LogP contribution in [0.3, 0.4) is 0 Å². The molecule has 0 radical (unpaired) electrons. The van der Waals surface area contributed by atoms with E-state index in [0.717, 1.165) is 25.1 Å². The fourth-order valence-corrected chi connectivity index (χ4v) is 3.32. The number of piperidine rings is 1. The maximum absolute atomic E-state index is 12.4.